The van der Waals surface area contributed by atoms with Crippen LogP contribution in [-0.2, 0) is 5.41 Å². The lowest BCUT2D eigenvalue weighted by atomic mass is 9.76. The number of ketones is 1. The van der Waals surface area contributed by atoms with Gasteiger partial charge in [-0.25, -0.2) is 0 Å². The summed E-state index contributed by atoms with van der Waals surface area (Å²) < 4.78 is 11.5. The molecule has 0 bridgehead atoms. The van der Waals surface area contributed by atoms with E-state index >= 15 is 0 Å². The highest BCUT2D eigenvalue weighted by atomic mass is 16.5. The molecular weight excluding hydrogens is 432 g/mol. The maximum atomic E-state index is 12.7. The Labute approximate surface area is 208 Å². The van der Waals surface area contributed by atoms with Gasteiger partial charge in [-0.1, -0.05) is 61.9 Å². The number of rotatable bonds is 7. The Morgan fingerprint density at radius 2 is 1.29 bits per heavy atom. The Morgan fingerprint density at radius 1 is 0.686 bits per heavy atom. The summed E-state index contributed by atoms with van der Waals surface area (Å²) in [5, 5.41) is 0. The summed E-state index contributed by atoms with van der Waals surface area (Å²) in [5.41, 5.74) is 7.06. The van der Waals surface area contributed by atoms with Crippen LogP contribution in [0.25, 0.3) is 0 Å². The zero-order valence-corrected chi connectivity index (χ0v) is 21.3. The van der Waals surface area contributed by atoms with E-state index in [4.69, 9.17) is 9.47 Å². The van der Waals surface area contributed by atoms with Crippen molar-refractivity contribution in [1.82, 2.24) is 0 Å². The summed E-state index contributed by atoms with van der Waals surface area (Å²) in [6, 6.07) is 27.5. The molecule has 178 valence electrons. The van der Waals surface area contributed by atoms with Crippen LogP contribution in [0, 0.1) is 20.8 Å². The van der Waals surface area contributed by atoms with Gasteiger partial charge in [0.05, 0.1) is 7.11 Å². The lowest BCUT2D eigenvalue weighted by Gasteiger charge is -2.29. The van der Waals surface area contributed by atoms with Crippen molar-refractivity contribution < 1.29 is 14.3 Å². The zero-order chi connectivity index (χ0) is 25.2. The van der Waals surface area contributed by atoms with Crippen LogP contribution in [-0.4, -0.2) is 12.9 Å². The van der Waals surface area contributed by atoms with Crippen LogP contribution in [0.4, 0.5) is 0 Å². The molecule has 0 spiro atoms. The average Bonchev–Trinajstić information content (AvgIpc) is 2.84. The molecule has 0 unspecified atom stereocenters. The molecule has 0 aliphatic heterocycles. The minimum atomic E-state index is -0.169. The maximum absolute atomic E-state index is 12.7. The number of ether oxygens (including phenoxy) is 2. The van der Waals surface area contributed by atoms with E-state index < -0.39 is 0 Å². The van der Waals surface area contributed by atoms with E-state index in [2.05, 4.69) is 52.0 Å². The lowest BCUT2D eigenvalue weighted by molar-refractivity contribution is 0.103. The largest absolute Gasteiger partial charge is 0.496 e. The number of benzene rings is 4. The lowest BCUT2D eigenvalue weighted by Crippen LogP contribution is -2.20. The van der Waals surface area contributed by atoms with Crippen molar-refractivity contribution in [2.45, 2.75) is 40.0 Å². The molecule has 3 heteroatoms. The van der Waals surface area contributed by atoms with Gasteiger partial charge in [-0.2, -0.15) is 0 Å². The highest BCUT2D eigenvalue weighted by Gasteiger charge is 2.25. The Hall–Kier alpha value is -3.85. The van der Waals surface area contributed by atoms with Gasteiger partial charge in [-0.15, -0.1) is 0 Å². The van der Waals surface area contributed by atoms with Gasteiger partial charge in [0.1, 0.15) is 17.2 Å². The van der Waals surface area contributed by atoms with Crippen LogP contribution >= 0.6 is 0 Å². The standard InChI is InChI=1S/C32H32O3/c1-21-7-9-24(10-8-21)31(33)25-11-14-27(15-12-25)35-28-16-17-29(22(2)20-28)32(4,5)26-13-18-30(34-6)23(3)19-26/h7-20H,1-6H3. The zero-order valence-electron chi connectivity index (χ0n) is 21.3. The second-order valence-electron chi connectivity index (χ2n) is 9.61. The predicted molar refractivity (Wildman–Crippen MR) is 142 cm³/mol. The first-order chi connectivity index (χ1) is 16.7. The van der Waals surface area contributed by atoms with E-state index in [9.17, 15) is 4.79 Å². The number of carbonyl (C=O) groups is 1. The molecule has 0 saturated heterocycles. The molecular formula is C32H32O3. The second-order valence-corrected chi connectivity index (χ2v) is 9.61. The third-order valence-corrected chi connectivity index (χ3v) is 6.65. The van der Waals surface area contributed by atoms with Gasteiger partial charge in [0.25, 0.3) is 0 Å². The molecule has 0 saturated carbocycles. The number of hydrogen-bond acceptors (Lipinski definition) is 3. The molecule has 4 aromatic rings. The van der Waals surface area contributed by atoms with Crippen LogP contribution in [0.3, 0.4) is 0 Å². The molecule has 0 atom stereocenters. The topological polar surface area (TPSA) is 35.5 Å². The minimum absolute atomic E-state index is 0.00717. The Kier molecular flexibility index (Phi) is 6.79. The Morgan fingerprint density at radius 3 is 1.86 bits per heavy atom. The third kappa shape index (κ3) is 5.14. The predicted octanol–water partition coefficient (Wildman–Crippen LogP) is 7.97. The van der Waals surface area contributed by atoms with Gasteiger partial charge < -0.3 is 9.47 Å². The van der Waals surface area contributed by atoms with Crippen molar-refractivity contribution in [3.05, 3.63) is 124 Å². The van der Waals surface area contributed by atoms with Crippen molar-refractivity contribution in [2.24, 2.45) is 0 Å². The molecule has 3 nitrogen and oxygen atoms in total. The van der Waals surface area contributed by atoms with E-state index in [1.54, 1.807) is 7.11 Å². The molecule has 35 heavy (non-hydrogen) atoms. The first-order valence-electron chi connectivity index (χ1n) is 11.8. The van der Waals surface area contributed by atoms with Crippen LogP contribution in [0.1, 0.15) is 57.6 Å². The summed E-state index contributed by atoms with van der Waals surface area (Å²) in [7, 11) is 1.70. The van der Waals surface area contributed by atoms with Crippen molar-refractivity contribution in [3.8, 4) is 17.2 Å². The fourth-order valence-corrected chi connectivity index (χ4v) is 4.51. The minimum Gasteiger partial charge on any atom is -0.496 e. The van der Waals surface area contributed by atoms with Crippen LogP contribution in [0.5, 0.6) is 17.2 Å². The van der Waals surface area contributed by atoms with Crippen molar-refractivity contribution >= 4 is 5.78 Å². The van der Waals surface area contributed by atoms with Crippen LogP contribution < -0.4 is 9.47 Å². The van der Waals surface area contributed by atoms with Gasteiger partial charge in [0, 0.05) is 16.5 Å². The SMILES string of the molecule is COc1ccc(C(C)(C)c2ccc(Oc3ccc(C(=O)c4ccc(C)cc4)cc3)cc2C)cc1C. The molecule has 0 aromatic heterocycles. The van der Waals surface area contributed by atoms with Gasteiger partial charge in [-0.05, 0) is 85.5 Å². The number of aryl methyl sites for hydroxylation is 3. The van der Waals surface area contributed by atoms with Crippen molar-refractivity contribution in [2.75, 3.05) is 7.11 Å². The number of hydrogen-bond donors (Lipinski definition) is 0. The van der Waals surface area contributed by atoms with E-state index in [0.717, 1.165) is 28.2 Å². The maximum Gasteiger partial charge on any atom is 0.193 e. The highest BCUT2D eigenvalue weighted by Crippen LogP contribution is 2.37. The Balaban J connectivity index is 1.51. The summed E-state index contributed by atoms with van der Waals surface area (Å²) in [4.78, 5) is 12.7. The summed E-state index contributed by atoms with van der Waals surface area (Å²) in [5.74, 6) is 2.37. The van der Waals surface area contributed by atoms with E-state index in [1.165, 1.54) is 11.1 Å². The number of methoxy groups -OCH3 is 1. The fraction of sp³-hybridized carbons (Fsp3) is 0.219. The molecule has 0 amide bonds. The molecule has 0 fully saturated rings. The highest BCUT2D eigenvalue weighted by molar-refractivity contribution is 6.09. The van der Waals surface area contributed by atoms with Gasteiger partial charge in [0.2, 0.25) is 0 Å². The molecule has 4 rings (SSSR count). The molecule has 0 N–H and O–H groups in total. The van der Waals surface area contributed by atoms with Crippen LogP contribution in [0.2, 0.25) is 0 Å². The Bertz CT molecular complexity index is 1350. The van der Waals surface area contributed by atoms with E-state index in [0.29, 0.717) is 16.9 Å². The second kappa shape index (κ2) is 9.79. The first kappa shape index (κ1) is 24.3. The van der Waals surface area contributed by atoms with E-state index in [-0.39, 0.29) is 11.2 Å². The molecule has 0 aliphatic carbocycles. The molecule has 0 heterocycles. The average molecular weight is 465 g/mol. The molecule has 4 aromatic carbocycles. The van der Waals surface area contributed by atoms with Crippen molar-refractivity contribution in [1.29, 1.82) is 0 Å². The summed E-state index contributed by atoms with van der Waals surface area (Å²) in [6.07, 6.45) is 0. The normalized spacial score (nSPS) is 11.3. The summed E-state index contributed by atoms with van der Waals surface area (Å²) >= 11 is 0. The monoisotopic (exact) mass is 464 g/mol. The molecule has 0 aliphatic rings. The molecule has 0 radical (unpaired) electrons. The quantitative estimate of drug-likeness (QED) is 0.260. The summed E-state index contributed by atoms with van der Waals surface area (Å²) in [6.45, 7) is 10.7. The fourth-order valence-electron chi connectivity index (χ4n) is 4.51. The third-order valence-electron chi connectivity index (χ3n) is 6.65. The smallest absolute Gasteiger partial charge is 0.193 e. The number of carbonyl (C=O) groups excluding carboxylic acids is 1. The van der Waals surface area contributed by atoms with Crippen molar-refractivity contribution in [3.63, 3.8) is 0 Å². The van der Waals surface area contributed by atoms with E-state index in [1.807, 2.05) is 67.6 Å². The van der Waals surface area contributed by atoms with Crippen LogP contribution in [0.15, 0.2) is 84.9 Å². The van der Waals surface area contributed by atoms with Gasteiger partial charge in [-0.3, -0.25) is 4.79 Å². The first-order valence-corrected chi connectivity index (χ1v) is 11.8. The van der Waals surface area contributed by atoms with Gasteiger partial charge >= 0.3 is 0 Å². The van der Waals surface area contributed by atoms with Gasteiger partial charge in [0.15, 0.2) is 5.78 Å².